The van der Waals surface area contributed by atoms with E-state index < -0.39 is 0 Å². The van der Waals surface area contributed by atoms with Gasteiger partial charge in [-0.05, 0) is 49.8 Å². The van der Waals surface area contributed by atoms with E-state index in [0.29, 0.717) is 49.4 Å². The van der Waals surface area contributed by atoms with Crippen molar-refractivity contribution in [2.45, 2.75) is 32.2 Å². The van der Waals surface area contributed by atoms with Gasteiger partial charge in [0.1, 0.15) is 12.1 Å². The summed E-state index contributed by atoms with van der Waals surface area (Å²) in [6.45, 7) is 2.37. The summed E-state index contributed by atoms with van der Waals surface area (Å²) in [7, 11) is 3.22. The summed E-state index contributed by atoms with van der Waals surface area (Å²) < 4.78 is 9.54. The fourth-order valence-electron chi connectivity index (χ4n) is 5.55. The maximum absolute atomic E-state index is 13.2. The van der Waals surface area contributed by atoms with Crippen LogP contribution in [0.4, 0.5) is 4.79 Å². The fraction of sp³-hybridized carbons (Fsp3) is 0.500. The van der Waals surface area contributed by atoms with Gasteiger partial charge in [-0.1, -0.05) is 0 Å². The van der Waals surface area contributed by atoms with Crippen molar-refractivity contribution in [2.24, 2.45) is 18.9 Å². The Hall–Kier alpha value is -3.89. The molecular formula is C26H32N6O5. The van der Waals surface area contributed by atoms with Crippen molar-refractivity contribution in [3.05, 3.63) is 57.8 Å². The summed E-state index contributed by atoms with van der Waals surface area (Å²) in [6.07, 6.45) is 7.69. The Balaban J connectivity index is 1.19. The van der Waals surface area contributed by atoms with Gasteiger partial charge in [-0.15, -0.1) is 0 Å². The Bertz CT molecular complexity index is 1410. The van der Waals surface area contributed by atoms with E-state index in [0.717, 1.165) is 25.7 Å². The Morgan fingerprint density at radius 2 is 1.73 bits per heavy atom. The second-order valence-electron chi connectivity index (χ2n) is 9.92. The van der Waals surface area contributed by atoms with E-state index in [1.807, 2.05) is 4.90 Å². The first-order valence-corrected chi connectivity index (χ1v) is 12.7. The molecule has 0 N–H and O–H groups in total. The van der Waals surface area contributed by atoms with Crippen LogP contribution in [0.15, 0.2) is 46.5 Å². The monoisotopic (exact) mass is 508 g/mol. The van der Waals surface area contributed by atoms with Gasteiger partial charge in [0, 0.05) is 58.1 Å². The molecule has 2 aromatic heterocycles. The first-order valence-electron chi connectivity index (χ1n) is 12.7. The van der Waals surface area contributed by atoms with Crippen molar-refractivity contribution < 1.29 is 14.3 Å². The number of benzene rings is 1. The van der Waals surface area contributed by atoms with Crippen molar-refractivity contribution in [1.82, 2.24) is 28.5 Å². The number of aryl methyl sites for hydroxylation is 1. The van der Waals surface area contributed by atoms with Gasteiger partial charge in [0.2, 0.25) is 5.91 Å². The van der Waals surface area contributed by atoms with Gasteiger partial charge in [0.15, 0.2) is 0 Å². The van der Waals surface area contributed by atoms with E-state index in [-0.39, 0.29) is 35.0 Å². The van der Waals surface area contributed by atoms with Gasteiger partial charge < -0.3 is 14.5 Å². The van der Waals surface area contributed by atoms with Gasteiger partial charge >= 0.3 is 11.7 Å². The van der Waals surface area contributed by atoms with Crippen LogP contribution in [0.25, 0.3) is 10.9 Å². The average Bonchev–Trinajstić information content (AvgIpc) is 3.49. The zero-order valence-electron chi connectivity index (χ0n) is 21.2. The van der Waals surface area contributed by atoms with E-state index in [9.17, 15) is 19.2 Å². The Morgan fingerprint density at radius 3 is 2.38 bits per heavy atom. The second kappa shape index (κ2) is 10.2. The minimum absolute atomic E-state index is 0.0624. The predicted molar refractivity (Wildman–Crippen MR) is 137 cm³/mol. The van der Waals surface area contributed by atoms with Crippen molar-refractivity contribution in [3.63, 3.8) is 0 Å². The number of piperazine rings is 1. The molecule has 0 bridgehead atoms. The number of carbonyl (C=O) groups excluding carboxylic acids is 2. The zero-order valence-corrected chi connectivity index (χ0v) is 21.2. The van der Waals surface area contributed by atoms with Crippen molar-refractivity contribution in [2.75, 3.05) is 33.3 Å². The molecule has 0 spiro atoms. The third-order valence-corrected chi connectivity index (χ3v) is 7.78. The maximum Gasteiger partial charge on any atom is 0.331 e. The summed E-state index contributed by atoms with van der Waals surface area (Å²) in [5.74, 6) is 0.800. The summed E-state index contributed by atoms with van der Waals surface area (Å²) in [5.41, 5.74) is -0.0598. The lowest BCUT2D eigenvalue weighted by Gasteiger charge is -2.37. The molecule has 3 heterocycles. The van der Waals surface area contributed by atoms with Crippen LogP contribution in [0.3, 0.4) is 0 Å². The standard InChI is InChI=1S/C26H32N6O5/c1-28-22-8-7-20(37-2)15-21(22)24(34)32(25(28)35)16-18-3-5-19(6-4-18)23(33)29-11-13-30(14-12-29)26(36)31-10-9-27-17-31/h7-10,15,17-19H,3-6,11-14,16H2,1-2H3/t18-,19-. The highest BCUT2D eigenvalue weighted by Crippen LogP contribution is 2.31. The van der Waals surface area contributed by atoms with Gasteiger partial charge in [-0.3, -0.25) is 23.3 Å². The summed E-state index contributed by atoms with van der Waals surface area (Å²) in [6, 6.07) is 5.01. The Kier molecular flexibility index (Phi) is 6.86. The molecule has 1 saturated carbocycles. The quantitative estimate of drug-likeness (QED) is 0.528. The van der Waals surface area contributed by atoms with Crippen LogP contribution >= 0.6 is 0 Å². The van der Waals surface area contributed by atoms with Gasteiger partial charge in [0.05, 0.1) is 18.0 Å². The molecule has 2 amide bonds. The molecule has 11 nitrogen and oxygen atoms in total. The molecule has 3 aromatic rings. The smallest absolute Gasteiger partial charge is 0.331 e. The normalized spacial score (nSPS) is 20.3. The topological polar surface area (TPSA) is 112 Å². The number of nitrogens with zero attached hydrogens (tertiary/aromatic N) is 6. The molecule has 37 heavy (non-hydrogen) atoms. The van der Waals surface area contributed by atoms with Crippen LogP contribution in [0.2, 0.25) is 0 Å². The number of aromatic nitrogens is 4. The highest BCUT2D eigenvalue weighted by atomic mass is 16.5. The SMILES string of the molecule is COc1ccc2c(c1)c(=O)n(C[C@H]1CC[C@H](C(=O)N3CCN(C(=O)n4ccnc4)CC3)CC1)c(=O)n2C. The van der Waals surface area contributed by atoms with Crippen molar-refractivity contribution in [1.29, 1.82) is 0 Å². The number of fused-ring (bicyclic) bond motifs is 1. The summed E-state index contributed by atoms with van der Waals surface area (Å²) in [4.78, 5) is 59.3. The minimum atomic E-state index is -0.330. The molecule has 0 atom stereocenters. The number of ether oxygens (including phenoxy) is 1. The van der Waals surface area contributed by atoms with Crippen molar-refractivity contribution >= 4 is 22.8 Å². The fourth-order valence-corrected chi connectivity index (χ4v) is 5.55. The number of rotatable bonds is 4. The van der Waals surface area contributed by atoms with E-state index in [1.54, 1.807) is 49.7 Å². The lowest BCUT2D eigenvalue weighted by atomic mass is 9.81. The molecule has 1 aliphatic carbocycles. The molecule has 196 valence electrons. The third-order valence-electron chi connectivity index (χ3n) is 7.78. The Morgan fingerprint density at radius 1 is 1.03 bits per heavy atom. The zero-order chi connectivity index (χ0) is 26.1. The second-order valence-corrected chi connectivity index (χ2v) is 9.92. The first-order chi connectivity index (χ1) is 17.9. The molecule has 0 unspecified atom stereocenters. The van der Waals surface area contributed by atoms with Gasteiger partial charge in [-0.2, -0.15) is 0 Å². The molecule has 0 radical (unpaired) electrons. The van der Waals surface area contributed by atoms with E-state index >= 15 is 0 Å². The summed E-state index contributed by atoms with van der Waals surface area (Å²) in [5, 5.41) is 0.455. The van der Waals surface area contributed by atoms with E-state index in [1.165, 1.54) is 20.0 Å². The van der Waals surface area contributed by atoms with Crippen LogP contribution < -0.4 is 16.0 Å². The predicted octanol–water partition coefficient (Wildman–Crippen LogP) is 1.52. The number of imidazole rings is 1. The third kappa shape index (κ3) is 4.77. The van der Waals surface area contributed by atoms with Gasteiger partial charge in [0.25, 0.3) is 5.56 Å². The molecule has 2 aliphatic rings. The van der Waals surface area contributed by atoms with Crippen LogP contribution in [0.5, 0.6) is 5.75 Å². The molecule has 2 fully saturated rings. The minimum Gasteiger partial charge on any atom is -0.497 e. The van der Waals surface area contributed by atoms with E-state index in [2.05, 4.69) is 4.98 Å². The summed E-state index contributed by atoms with van der Waals surface area (Å²) >= 11 is 0. The lowest BCUT2D eigenvalue weighted by Crippen LogP contribution is -2.53. The maximum atomic E-state index is 13.2. The highest BCUT2D eigenvalue weighted by Gasteiger charge is 2.32. The molecule has 1 saturated heterocycles. The van der Waals surface area contributed by atoms with Crippen LogP contribution in [0, 0.1) is 11.8 Å². The molecule has 11 heteroatoms. The Labute approximate surface area is 213 Å². The number of methoxy groups -OCH3 is 1. The highest BCUT2D eigenvalue weighted by molar-refractivity contribution is 5.81. The molecule has 5 rings (SSSR count). The first kappa shape index (κ1) is 24.8. The van der Waals surface area contributed by atoms with E-state index in [4.69, 9.17) is 4.74 Å². The molecule has 1 aromatic carbocycles. The molecule has 1 aliphatic heterocycles. The number of amides is 2. The van der Waals surface area contributed by atoms with Crippen LogP contribution in [-0.4, -0.2) is 73.7 Å². The lowest BCUT2D eigenvalue weighted by molar-refractivity contribution is -0.138. The number of hydrogen-bond donors (Lipinski definition) is 0. The number of carbonyl (C=O) groups is 2. The van der Waals surface area contributed by atoms with Crippen molar-refractivity contribution in [3.8, 4) is 5.75 Å². The number of hydrogen-bond acceptors (Lipinski definition) is 6. The largest absolute Gasteiger partial charge is 0.497 e. The molecular weight excluding hydrogens is 476 g/mol. The van der Waals surface area contributed by atoms with Crippen LogP contribution in [-0.2, 0) is 18.4 Å². The average molecular weight is 509 g/mol. The van der Waals surface area contributed by atoms with Crippen LogP contribution in [0.1, 0.15) is 25.7 Å². The van der Waals surface area contributed by atoms with Gasteiger partial charge in [-0.25, -0.2) is 14.6 Å².